The molecule has 1 saturated heterocycles. The highest BCUT2D eigenvalue weighted by Crippen LogP contribution is 2.18. The Kier molecular flexibility index (Phi) is 2.27. The molecule has 72 valence electrons. The van der Waals surface area contributed by atoms with Crippen molar-refractivity contribution >= 4 is 5.88 Å². The third-order valence-electron chi connectivity index (χ3n) is 2.50. The number of aryl methyl sites for hydroxylation is 1. The van der Waals surface area contributed by atoms with Gasteiger partial charge < -0.3 is 14.6 Å². The first-order valence-corrected chi connectivity index (χ1v) is 4.74. The van der Waals surface area contributed by atoms with Gasteiger partial charge in [-0.15, -0.1) is 0 Å². The molecule has 0 bridgehead atoms. The Bertz CT molecular complexity index is 278. The molecule has 2 rings (SSSR count). The fourth-order valence-corrected chi connectivity index (χ4v) is 1.58. The van der Waals surface area contributed by atoms with Crippen LogP contribution >= 0.6 is 0 Å². The van der Waals surface area contributed by atoms with E-state index in [9.17, 15) is 0 Å². The largest absolute Gasteiger partial charge is 0.446 e. The lowest BCUT2D eigenvalue weighted by atomic mass is 10.0. The zero-order valence-electron chi connectivity index (χ0n) is 8.21. The first-order valence-electron chi connectivity index (χ1n) is 4.74. The first-order chi connectivity index (χ1) is 6.25. The van der Waals surface area contributed by atoms with Gasteiger partial charge in [-0.1, -0.05) is 0 Å². The molecule has 1 aliphatic heterocycles. The van der Waals surface area contributed by atoms with E-state index in [4.69, 9.17) is 4.42 Å². The summed E-state index contributed by atoms with van der Waals surface area (Å²) in [6, 6.07) is 4.03. The van der Waals surface area contributed by atoms with Crippen molar-refractivity contribution in [2.24, 2.45) is 5.92 Å². The number of hydrogen-bond donors (Lipinski definition) is 1. The zero-order valence-corrected chi connectivity index (χ0v) is 8.21. The van der Waals surface area contributed by atoms with Gasteiger partial charge in [0.15, 0.2) is 5.88 Å². The molecule has 0 spiro atoms. The molecule has 3 heteroatoms. The molecule has 0 aliphatic carbocycles. The van der Waals surface area contributed by atoms with E-state index in [1.54, 1.807) is 0 Å². The summed E-state index contributed by atoms with van der Waals surface area (Å²) in [5, 5.41) is 3.27. The topological polar surface area (TPSA) is 28.4 Å². The maximum Gasteiger partial charge on any atom is 0.195 e. The van der Waals surface area contributed by atoms with Gasteiger partial charge in [-0.05, 0) is 13.0 Å². The lowest BCUT2D eigenvalue weighted by molar-refractivity contribution is 0.347. The Morgan fingerprint density at radius 1 is 1.54 bits per heavy atom. The second kappa shape index (κ2) is 3.42. The molecule has 1 aliphatic rings. The van der Waals surface area contributed by atoms with E-state index in [0.717, 1.165) is 37.2 Å². The van der Waals surface area contributed by atoms with Gasteiger partial charge in [-0.2, -0.15) is 0 Å². The van der Waals surface area contributed by atoms with E-state index in [1.807, 2.05) is 19.1 Å². The lowest BCUT2D eigenvalue weighted by Crippen LogP contribution is -2.47. The van der Waals surface area contributed by atoms with Crippen LogP contribution in [0.1, 0.15) is 5.76 Å². The molecular weight excluding hydrogens is 164 g/mol. The highest BCUT2D eigenvalue weighted by molar-refractivity contribution is 5.35. The minimum atomic E-state index is 0.787. The quantitative estimate of drug-likeness (QED) is 0.758. The third kappa shape index (κ3) is 1.86. The molecule has 1 aromatic heterocycles. The number of rotatable bonds is 3. The predicted molar refractivity (Wildman–Crippen MR) is 53.1 cm³/mol. The number of furan rings is 1. The van der Waals surface area contributed by atoms with Crippen LogP contribution < -0.4 is 10.2 Å². The SMILES string of the molecule is Cc1ccc(N(C)CC2CNC2)o1. The molecule has 0 amide bonds. The normalized spacial score (nSPS) is 17.1. The van der Waals surface area contributed by atoms with Crippen molar-refractivity contribution < 1.29 is 4.42 Å². The van der Waals surface area contributed by atoms with Crippen LogP contribution in [-0.4, -0.2) is 26.7 Å². The van der Waals surface area contributed by atoms with E-state index >= 15 is 0 Å². The van der Waals surface area contributed by atoms with Gasteiger partial charge in [0.1, 0.15) is 5.76 Å². The molecule has 1 aromatic rings. The van der Waals surface area contributed by atoms with E-state index < -0.39 is 0 Å². The zero-order chi connectivity index (χ0) is 9.26. The minimum absolute atomic E-state index is 0.787. The molecule has 0 aromatic carbocycles. The molecule has 1 N–H and O–H groups in total. The van der Waals surface area contributed by atoms with Crippen LogP contribution in [0.4, 0.5) is 5.88 Å². The second-order valence-electron chi connectivity index (χ2n) is 3.79. The van der Waals surface area contributed by atoms with Gasteiger partial charge in [-0.3, -0.25) is 0 Å². The fraction of sp³-hybridized carbons (Fsp3) is 0.600. The first kappa shape index (κ1) is 8.63. The fourth-order valence-electron chi connectivity index (χ4n) is 1.58. The molecule has 0 saturated carbocycles. The Morgan fingerprint density at radius 3 is 2.77 bits per heavy atom. The lowest BCUT2D eigenvalue weighted by Gasteiger charge is -2.31. The maximum atomic E-state index is 5.52. The van der Waals surface area contributed by atoms with Crippen molar-refractivity contribution in [1.82, 2.24) is 5.32 Å². The summed E-state index contributed by atoms with van der Waals surface area (Å²) in [6.07, 6.45) is 0. The highest BCUT2D eigenvalue weighted by Gasteiger charge is 2.19. The number of hydrogen-bond acceptors (Lipinski definition) is 3. The molecule has 13 heavy (non-hydrogen) atoms. The van der Waals surface area contributed by atoms with E-state index in [0.29, 0.717) is 0 Å². The average molecular weight is 180 g/mol. The second-order valence-corrected chi connectivity index (χ2v) is 3.79. The number of nitrogens with one attached hydrogen (secondary N) is 1. The van der Waals surface area contributed by atoms with Crippen molar-refractivity contribution in [3.8, 4) is 0 Å². The van der Waals surface area contributed by atoms with Crippen molar-refractivity contribution in [3.05, 3.63) is 17.9 Å². The van der Waals surface area contributed by atoms with Gasteiger partial charge in [0, 0.05) is 38.7 Å². The smallest absolute Gasteiger partial charge is 0.195 e. The summed E-state index contributed by atoms with van der Waals surface area (Å²) >= 11 is 0. The Morgan fingerprint density at radius 2 is 2.31 bits per heavy atom. The molecule has 1 fully saturated rings. The van der Waals surface area contributed by atoms with E-state index in [-0.39, 0.29) is 0 Å². The van der Waals surface area contributed by atoms with Crippen LogP contribution in [0.5, 0.6) is 0 Å². The van der Waals surface area contributed by atoms with Gasteiger partial charge in [0.05, 0.1) is 0 Å². The van der Waals surface area contributed by atoms with Gasteiger partial charge >= 0.3 is 0 Å². The van der Waals surface area contributed by atoms with Gasteiger partial charge in [0.25, 0.3) is 0 Å². The Labute approximate surface area is 78.7 Å². The molecule has 0 unspecified atom stereocenters. The van der Waals surface area contributed by atoms with Crippen molar-refractivity contribution in [2.75, 3.05) is 31.6 Å². The standard InChI is InChI=1S/C10H16N2O/c1-8-3-4-10(13-8)12(2)7-9-5-11-6-9/h3-4,9,11H,5-7H2,1-2H3. The summed E-state index contributed by atoms with van der Waals surface area (Å²) in [7, 11) is 2.08. The molecule has 3 nitrogen and oxygen atoms in total. The molecular formula is C10H16N2O. The average Bonchev–Trinajstić information content (AvgIpc) is 2.44. The Hall–Kier alpha value is -0.960. The van der Waals surface area contributed by atoms with Crippen molar-refractivity contribution in [2.45, 2.75) is 6.92 Å². The predicted octanol–water partition coefficient (Wildman–Crippen LogP) is 1.24. The summed E-state index contributed by atoms with van der Waals surface area (Å²) < 4.78 is 5.52. The van der Waals surface area contributed by atoms with Gasteiger partial charge in [-0.25, -0.2) is 0 Å². The van der Waals surface area contributed by atoms with Gasteiger partial charge in [0.2, 0.25) is 0 Å². The Balaban J connectivity index is 1.92. The molecule has 0 radical (unpaired) electrons. The summed E-state index contributed by atoms with van der Waals surface area (Å²) in [5.41, 5.74) is 0. The van der Waals surface area contributed by atoms with Crippen LogP contribution in [0.25, 0.3) is 0 Å². The van der Waals surface area contributed by atoms with Crippen LogP contribution in [0.2, 0.25) is 0 Å². The van der Waals surface area contributed by atoms with E-state index in [2.05, 4.69) is 17.3 Å². The molecule has 0 atom stereocenters. The van der Waals surface area contributed by atoms with Crippen molar-refractivity contribution in [3.63, 3.8) is 0 Å². The van der Waals surface area contributed by atoms with Crippen LogP contribution in [0, 0.1) is 12.8 Å². The summed E-state index contributed by atoms with van der Waals surface area (Å²) in [4.78, 5) is 2.18. The highest BCUT2D eigenvalue weighted by atomic mass is 16.4. The van der Waals surface area contributed by atoms with Crippen LogP contribution in [0.15, 0.2) is 16.5 Å². The summed E-state index contributed by atoms with van der Waals surface area (Å²) in [5.74, 6) is 2.74. The third-order valence-corrected chi connectivity index (χ3v) is 2.50. The number of anilines is 1. The van der Waals surface area contributed by atoms with E-state index in [1.165, 1.54) is 0 Å². The summed E-state index contributed by atoms with van der Waals surface area (Å²) in [6.45, 7) is 5.34. The monoisotopic (exact) mass is 180 g/mol. The van der Waals surface area contributed by atoms with Crippen LogP contribution in [-0.2, 0) is 0 Å². The van der Waals surface area contributed by atoms with Crippen molar-refractivity contribution in [1.29, 1.82) is 0 Å². The molecule has 2 heterocycles. The number of nitrogens with zero attached hydrogens (tertiary/aromatic N) is 1. The van der Waals surface area contributed by atoms with Crippen LogP contribution in [0.3, 0.4) is 0 Å². The maximum absolute atomic E-state index is 5.52. The minimum Gasteiger partial charge on any atom is -0.446 e.